The fourth-order valence-corrected chi connectivity index (χ4v) is 2.32. The fourth-order valence-electron chi connectivity index (χ4n) is 2.32. The molecule has 24 heavy (non-hydrogen) atoms. The summed E-state index contributed by atoms with van der Waals surface area (Å²) in [6.07, 6.45) is 0. The minimum absolute atomic E-state index is 0.123. The Kier molecular flexibility index (Phi) is 5.51. The number of nitro groups is 1. The van der Waals surface area contributed by atoms with Crippen LogP contribution in [0.25, 0.3) is 0 Å². The first kappa shape index (κ1) is 17.5. The van der Waals surface area contributed by atoms with E-state index in [2.05, 4.69) is 15.3 Å². The third-order valence-electron chi connectivity index (χ3n) is 3.63. The van der Waals surface area contributed by atoms with E-state index in [9.17, 15) is 10.1 Å². The molecule has 0 fully saturated rings. The summed E-state index contributed by atoms with van der Waals surface area (Å²) in [7, 11) is 1.58. The number of anilines is 3. The van der Waals surface area contributed by atoms with E-state index in [0.717, 1.165) is 13.1 Å². The van der Waals surface area contributed by atoms with Gasteiger partial charge in [0.1, 0.15) is 11.4 Å². The van der Waals surface area contributed by atoms with E-state index in [4.69, 9.17) is 4.74 Å². The highest BCUT2D eigenvalue weighted by Gasteiger charge is 2.23. The molecule has 0 amide bonds. The fraction of sp³-hybridized carbons (Fsp3) is 0.375. The topological polar surface area (TPSA) is 93.4 Å². The van der Waals surface area contributed by atoms with Crippen molar-refractivity contribution >= 4 is 23.1 Å². The summed E-state index contributed by atoms with van der Waals surface area (Å²) in [5, 5.41) is 14.4. The van der Waals surface area contributed by atoms with Crippen molar-refractivity contribution in [2.75, 3.05) is 30.4 Å². The number of nitrogens with zero attached hydrogens (tertiary/aromatic N) is 4. The smallest absolute Gasteiger partial charge is 0.332 e. The van der Waals surface area contributed by atoms with Crippen molar-refractivity contribution in [1.29, 1.82) is 0 Å². The van der Waals surface area contributed by atoms with E-state index < -0.39 is 4.92 Å². The second-order valence-electron chi connectivity index (χ2n) is 5.09. The Balaban J connectivity index is 2.45. The summed E-state index contributed by atoms with van der Waals surface area (Å²) in [5.74, 6) is 1.36. The SMILES string of the molecule is CCN(CC)c1nc(C)c([N+](=O)[O-])c(Nc2ccc(OC)cc2)n1. The molecule has 8 nitrogen and oxygen atoms in total. The number of ether oxygens (including phenoxy) is 1. The van der Waals surface area contributed by atoms with E-state index in [-0.39, 0.29) is 11.5 Å². The van der Waals surface area contributed by atoms with E-state index in [0.29, 0.717) is 23.1 Å². The molecule has 0 aliphatic rings. The number of aromatic nitrogens is 2. The number of methoxy groups -OCH3 is 1. The van der Waals surface area contributed by atoms with Crippen LogP contribution in [0.15, 0.2) is 24.3 Å². The number of hydrogen-bond donors (Lipinski definition) is 1. The summed E-state index contributed by atoms with van der Waals surface area (Å²) in [4.78, 5) is 21.5. The van der Waals surface area contributed by atoms with Gasteiger partial charge >= 0.3 is 5.69 Å². The van der Waals surface area contributed by atoms with Crippen LogP contribution in [0.5, 0.6) is 5.75 Å². The molecule has 0 aliphatic carbocycles. The Morgan fingerprint density at radius 1 is 1.21 bits per heavy atom. The summed E-state index contributed by atoms with van der Waals surface area (Å²) in [6.45, 7) is 7.03. The quantitative estimate of drug-likeness (QED) is 0.614. The number of benzene rings is 1. The first-order valence-corrected chi connectivity index (χ1v) is 7.69. The van der Waals surface area contributed by atoms with Gasteiger partial charge in [0.25, 0.3) is 0 Å². The Labute approximate surface area is 140 Å². The molecule has 1 heterocycles. The van der Waals surface area contributed by atoms with Crippen LogP contribution < -0.4 is 15.0 Å². The largest absolute Gasteiger partial charge is 0.497 e. The molecule has 0 saturated heterocycles. The number of rotatable bonds is 7. The third kappa shape index (κ3) is 3.70. The van der Waals surface area contributed by atoms with Gasteiger partial charge in [-0.3, -0.25) is 10.1 Å². The molecule has 1 N–H and O–H groups in total. The predicted molar refractivity (Wildman–Crippen MR) is 93.3 cm³/mol. The minimum atomic E-state index is -0.465. The molecule has 2 rings (SSSR count). The molecule has 2 aromatic rings. The highest BCUT2D eigenvalue weighted by molar-refractivity contribution is 5.68. The van der Waals surface area contributed by atoms with Gasteiger partial charge in [-0.2, -0.15) is 4.98 Å². The second kappa shape index (κ2) is 7.58. The van der Waals surface area contributed by atoms with Crippen LogP contribution in [0.4, 0.5) is 23.1 Å². The van der Waals surface area contributed by atoms with Crippen LogP contribution in [0, 0.1) is 17.0 Å². The molecule has 128 valence electrons. The molecule has 0 bridgehead atoms. The third-order valence-corrected chi connectivity index (χ3v) is 3.63. The Morgan fingerprint density at radius 2 is 1.83 bits per heavy atom. The maximum atomic E-state index is 11.4. The highest BCUT2D eigenvalue weighted by Crippen LogP contribution is 2.30. The summed E-state index contributed by atoms with van der Waals surface area (Å²) in [5.41, 5.74) is 0.886. The Hall–Kier alpha value is -2.90. The van der Waals surface area contributed by atoms with Gasteiger partial charge in [-0.25, -0.2) is 4.98 Å². The molecule has 0 radical (unpaired) electrons. The lowest BCUT2D eigenvalue weighted by atomic mass is 10.3. The van der Waals surface area contributed by atoms with Crippen molar-refractivity contribution in [1.82, 2.24) is 9.97 Å². The Bertz CT molecular complexity index is 714. The van der Waals surface area contributed by atoms with Crippen molar-refractivity contribution in [2.45, 2.75) is 20.8 Å². The van der Waals surface area contributed by atoms with Gasteiger partial charge in [0.15, 0.2) is 0 Å². The lowest BCUT2D eigenvalue weighted by Crippen LogP contribution is -2.25. The van der Waals surface area contributed by atoms with Crippen LogP contribution in [-0.2, 0) is 0 Å². The zero-order valence-corrected chi connectivity index (χ0v) is 14.2. The van der Waals surface area contributed by atoms with Crippen molar-refractivity contribution in [3.63, 3.8) is 0 Å². The molecule has 8 heteroatoms. The van der Waals surface area contributed by atoms with Gasteiger partial charge in [0.2, 0.25) is 11.8 Å². The molecular weight excluding hydrogens is 310 g/mol. The first-order chi connectivity index (χ1) is 11.5. The van der Waals surface area contributed by atoms with Gasteiger partial charge in [-0.1, -0.05) is 0 Å². The molecule has 0 atom stereocenters. The molecular formula is C16H21N5O3. The number of hydrogen-bond acceptors (Lipinski definition) is 7. The lowest BCUT2D eigenvalue weighted by molar-refractivity contribution is -0.385. The standard InChI is InChI=1S/C16H21N5O3/c1-5-20(6-2)16-17-11(3)14(21(22)23)15(19-16)18-12-7-9-13(24-4)10-8-12/h7-10H,5-6H2,1-4H3,(H,17,18,19). The monoisotopic (exact) mass is 331 g/mol. The minimum Gasteiger partial charge on any atom is -0.497 e. The van der Waals surface area contributed by atoms with E-state index in [1.165, 1.54) is 0 Å². The van der Waals surface area contributed by atoms with Crippen molar-refractivity contribution in [3.05, 3.63) is 40.1 Å². The van der Waals surface area contributed by atoms with Crippen molar-refractivity contribution < 1.29 is 9.66 Å². The molecule has 1 aromatic heterocycles. The number of nitrogens with one attached hydrogen (secondary N) is 1. The normalized spacial score (nSPS) is 10.3. The molecule has 0 spiro atoms. The van der Waals surface area contributed by atoms with Crippen molar-refractivity contribution in [2.24, 2.45) is 0 Å². The van der Waals surface area contributed by atoms with Crippen LogP contribution in [0.2, 0.25) is 0 Å². The zero-order valence-electron chi connectivity index (χ0n) is 14.2. The molecule has 0 saturated carbocycles. The Morgan fingerprint density at radius 3 is 2.33 bits per heavy atom. The summed E-state index contributed by atoms with van der Waals surface area (Å²) >= 11 is 0. The van der Waals surface area contributed by atoms with Gasteiger partial charge in [0, 0.05) is 18.8 Å². The first-order valence-electron chi connectivity index (χ1n) is 7.69. The second-order valence-corrected chi connectivity index (χ2v) is 5.09. The van der Waals surface area contributed by atoms with Crippen LogP contribution in [0.3, 0.4) is 0 Å². The predicted octanol–water partition coefficient (Wildman–Crippen LogP) is 3.29. The van der Waals surface area contributed by atoms with Gasteiger partial charge in [-0.05, 0) is 45.0 Å². The molecule has 1 aromatic carbocycles. The summed E-state index contributed by atoms with van der Waals surface area (Å²) in [6, 6.07) is 7.09. The van der Waals surface area contributed by atoms with Gasteiger partial charge in [-0.15, -0.1) is 0 Å². The maximum Gasteiger partial charge on any atom is 0.332 e. The number of aryl methyl sites for hydroxylation is 1. The summed E-state index contributed by atoms with van der Waals surface area (Å²) < 4.78 is 5.11. The highest BCUT2D eigenvalue weighted by atomic mass is 16.6. The molecule has 0 unspecified atom stereocenters. The van der Waals surface area contributed by atoms with Crippen LogP contribution in [0.1, 0.15) is 19.5 Å². The van der Waals surface area contributed by atoms with E-state index in [1.807, 2.05) is 18.7 Å². The zero-order chi connectivity index (χ0) is 17.7. The lowest BCUT2D eigenvalue weighted by Gasteiger charge is -2.19. The van der Waals surface area contributed by atoms with Crippen molar-refractivity contribution in [3.8, 4) is 5.75 Å². The molecule has 0 aliphatic heterocycles. The van der Waals surface area contributed by atoms with E-state index in [1.54, 1.807) is 38.3 Å². The van der Waals surface area contributed by atoms with Crippen LogP contribution in [-0.4, -0.2) is 35.1 Å². The average Bonchev–Trinajstić information content (AvgIpc) is 2.56. The van der Waals surface area contributed by atoms with Crippen LogP contribution >= 0.6 is 0 Å². The van der Waals surface area contributed by atoms with Gasteiger partial charge in [0.05, 0.1) is 12.0 Å². The van der Waals surface area contributed by atoms with E-state index >= 15 is 0 Å². The maximum absolute atomic E-state index is 11.4. The van der Waals surface area contributed by atoms with Gasteiger partial charge < -0.3 is 15.0 Å². The average molecular weight is 331 g/mol.